The van der Waals surface area contributed by atoms with Gasteiger partial charge in [0.05, 0.1) is 10.9 Å². The molecule has 0 atom stereocenters. The number of benzene rings is 2. The largest absolute Gasteiger partial charge is 0.481 e. The molecule has 0 radical (unpaired) electrons. The summed E-state index contributed by atoms with van der Waals surface area (Å²) in [5.74, 6) is -0.346. The number of fused-ring (bicyclic) bond motifs is 1. The van der Waals surface area contributed by atoms with Crippen molar-refractivity contribution in [3.63, 3.8) is 0 Å². The number of carboxylic acids is 1. The van der Waals surface area contributed by atoms with E-state index in [0.29, 0.717) is 29.7 Å². The number of carbonyl (C=O) groups is 1. The summed E-state index contributed by atoms with van der Waals surface area (Å²) in [6.45, 7) is 0.317. The van der Waals surface area contributed by atoms with Gasteiger partial charge in [0, 0.05) is 13.0 Å². The minimum absolute atomic E-state index is 0.0150. The molecule has 0 fully saturated rings. The zero-order valence-corrected chi connectivity index (χ0v) is 13.6. The number of hydrogen-bond donors (Lipinski definition) is 1. The first-order valence-corrected chi connectivity index (χ1v) is 8.09. The van der Waals surface area contributed by atoms with E-state index in [0.717, 1.165) is 5.56 Å². The molecule has 1 N–H and O–H groups in total. The third-order valence-corrected chi connectivity index (χ3v) is 3.89. The number of rotatable bonds is 6. The first-order valence-electron chi connectivity index (χ1n) is 8.09. The predicted octanol–water partition coefficient (Wildman–Crippen LogP) is 3.43. The molecule has 25 heavy (non-hydrogen) atoms. The van der Waals surface area contributed by atoms with E-state index in [1.165, 1.54) is 0 Å². The molecule has 5 heteroatoms. The lowest BCUT2D eigenvalue weighted by atomic mass is 10.2. The number of para-hydroxylation sites is 1. The minimum atomic E-state index is -0.872. The van der Waals surface area contributed by atoms with Gasteiger partial charge in [0.15, 0.2) is 0 Å². The fourth-order valence-electron chi connectivity index (χ4n) is 2.65. The third-order valence-electron chi connectivity index (χ3n) is 3.89. The molecule has 0 saturated heterocycles. The van der Waals surface area contributed by atoms with Crippen LogP contribution in [0, 0.1) is 0 Å². The molecule has 3 rings (SSSR count). The molecule has 0 unspecified atom stereocenters. The lowest BCUT2D eigenvalue weighted by Crippen LogP contribution is -2.24. The molecular formula is C20H18N2O3. The Hall–Kier alpha value is -3.21. The summed E-state index contributed by atoms with van der Waals surface area (Å²) in [6.07, 6.45) is 4.08. The van der Waals surface area contributed by atoms with Crippen LogP contribution < -0.4 is 5.56 Å². The Labute approximate surface area is 144 Å². The fourth-order valence-corrected chi connectivity index (χ4v) is 2.65. The summed E-state index contributed by atoms with van der Waals surface area (Å²) < 4.78 is 1.55. The summed E-state index contributed by atoms with van der Waals surface area (Å²) in [5, 5.41) is 9.37. The van der Waals surface area contributed by atoms with Crippen molar-refractivity contribution in [3.05, 3.63) is 76.3 Å². The molecule has 0 saturated carbocycles. The van der Waals surface area contributed by atoms with Crippen molar-refractivity contribution in [2.75, 3.05) is 0 Å². The monoisotopic (exact) mass is 334 g/mol. The first-order chi connectivity index (χ1) is 12.1. The minimum Gasteiger partial charge on any atom is -0.481 e. The van der Waals surface area contributed by atoms with E-state index >= 15 is 0 Å². The Balaban J connectivity index is 2.03. The van der Waals surface area contributed by atoms with Crippen LogP contribution in [0.1, 0.15) is 24.2 Å². The quantitative estimate of drug-likeness (QED) is 0.749. The van der Waals surface area contributed by atoms with Crippen molar-refractivity contribution in [1.82, 2.24) is 9.55 Å². The van der Waals surface area contributed by atoms with E-state index in [1.54, 1.807) is 28.8 Å². The lowest BCUT2D eigenvalue weighted by Gasteiger charge is -2.10. The Kier molecular flexibility index (Phi) is 5.04. The number of nitrogens with zero attached hydrogens (tertiary/aromatic N) is 2. The summed E-state index contributed by atoms with van der Waals surface area (Å²) >= 11 is 0. The van der Waals surface area contributed by atoms with Gasteiger partial charge in [0.2, 0.25) is 0 Å². The van der Waals surface area contributed by atoms with Crippen LogP contribution in [0.25, 0.3) is 23.1 Å². The Morgan fingerprint density at radius 1 is 1.04 bits per heavy atom. The number of carboxylic acid groups (broad SMARTS) is 1. The van der Waals surface area contributed by atoms with Gasteiger partial charge in [-0.05, 0) is 30.2 Å². The maximum absolute atomic E-state index is 12.8. The van der Waals surface area contributed by atoms with Gasteiger partial charge in [-0.15, -0.1) is 0 Å². The van der Waals surface area contributed by atoms with Gasteiger partial charge in [0.25, 0.3) is 5.56 Å². The third kappa shape index (κ3) is 4.01. The van der Waals surface area contributed by atoms with Gasteiger partial charge in [0.1, 0.15) is 5.82 Å². The number of hydrogen-bond acceptors (Lipinski definition) is 3. The topological polar surface area (TPSA) is 72.2 Å². The summed E-state index contributed by atoms with van der Waals surface area (Å²) in [6, 6.07) is 16.9. The second-order valence-corrected chi connectivity index (χ2v) is 5.69. The maximum atomic E-state index is 12.8. The highest BCUT2D eigenvalue weighted by Gasteiger charge is 2.09. The van der Waals surface area contributed by atoms with Gasteiger partial charge < -0.3 is 5.11 Å². The Morgan fingerprint density at radius 3 is 2.52 bits per heavy atom. The SMILES string of the molecule is O=C(O)CCCn1c(/C=C/c2ccccc2)nc2ccccc2c1=O. The fraction of sp³-hybridized carbons (Fsp3) is 0.150. The second kappa shape index (κ2) is 7.57. The van der Waals surface area contributed by atoms with Crippen LogP contribution in [0.4, 0.5) is 0 Å². The van der Waals surface area contributed by atoms with E-state index in [1.807, 2.05) is 42.5 Å². The van der Waals surface area contributed by atoms with Crippen LogP contribution in [0.2, 0.25) is 0 Å². The van der Waals surface area contributed by atoms with E-state index in [2.05, 4.69) is 4.98 Å². The molecule has 0 aliphatic carbocycles. The highest BCUT2D eigenvalue weighted by Crippen LogP contribution is 2.12. The standard InChI is InChI=1S/C20H18N2O3/c23-19(24)11-6-14-22-18(13-12-15-7-2-1-3-8-15)21-17-10-5-4-9-16(17)20(22)25/h1-5,7-10,12-13H,6,11,14H2,(H,23,24)/b13-12+. The number of aliphatic carboxylic acids is 1. The normalized spacial score (nSPS) is 11.2. The van der Waals surface area contributed by atoms with Crippen LogP contribution in [0.5, 0.6) is 0 Å². The van der Waals surface area contributed by atoms with Gasteiger partial charge in [-0.2, -0.15) is 0 Å². The molecule has 3 aromatic rings. The van der Waals surface area contributed by atoms with E-state index < -0.39 is 5.97 Å². The van der Waals surface area contributed by atoms with Crippen LogP contribution in [-0.2, 0) is 11.3 Å². The van der Waals surface area contributed by atoms with E-state index in [4.69, 9.17) is 5.11 Å². The second-order valence-electron chi connectivity index (χ2n) is 5.69. The molecule has 2 aromatic carbocycles. The molecule has 126 valence electrons. The van der Waals surface area contributed by atoms with Gasteiger partial charge in [-0.25, -0.2) is 4.98 Å². The molecule has 5 nitrogen and oxygen atoms in total. The molecule has 0 amide bonds. The van der Waals surface area contributed by atoms with Gasteiger partial charge >= 0.3 is 5.97 Å². The van der Waals surface area contributed by atoms with Gasteiger partial charge in [-0.1, -0.05) is 48.5 Å². The zero-order valence-electron chi connectivity index (χ0n) is 13.6. The van der Waals surface area contributed by atoms with Crippen LogP contribution >= 0.6 is 0 Å². The predicted molar refractivity (Wildman–Crippen MR) is 98.2 cm³/mol. The van der Waals surface area contributed by atoms with Crippen molar-refractivity contribution in [2.45, 2.75) is 19.4 Å². The summed E-state index contributed by atoms with van der Waals surface area (Å²) in [4.78, 5) is 28.1. The average Bonchev–Trinajstić information content (AvgIpc) is 2.63. The molecule has 0 aliphatic heterocycles. The molecular weight excluding hydrogens is 316 g/mol. The highest BCUT2D eigenvalue weighted by molar-refractivity contribution is 5.79. The molecule has 0 bridgehead atoms. The van der Waals surface area contributed by atoms with Crippen molar-refractivity contribution >= 4 is 29.0 Å². The van der Waals surface area contributed by atoms with Crippen LogP contribution in [0.15, 0.2) is 59.4 Å². The smallest absolute Gasteiger partial charge is 0.303 e. The maximum Gasteiger partial charge on any atom is 0.303 e. The van der Waals surface area contributed by atoms with E-state index in [9.17, 15) is 9.59 Å². The summed E-state index contributed by atoms with van der Waals surface area (Å²) in [7, 11) is 0. The van der Waals surface area contributed by atoms with Crippen molar-refractivity contribution in [1.29, 1.82) is 0 Å². The first kappa shape index (κ1) is 16.6. The molecule has 0 spiro atoms. The van der Waals surface area contributed by atoms with E-state index in [-0.39, 0.29) is 12.0 Å². The number of aromatic nitrogens is 2. The van der Waals surface area contributed by atoms with Crippen molar-refractivity contribution in [3.8, 4) is 0 Å². The lowest BCUT2D eigenvalue weighted by molar-refractivity contribution is -0.137. The van der Waals surface area contributed by atoms with Crippen molar-refractivity contribution < 1.29 is 9.90 Å². The van der Waals surface area contributed by atoms with Crippen molar-refractivity contribution in [2.24, 2.45) is 0 Å². The average molecular weight is 334 g/mol. The van der Waals surface area contributed by atoms with Crippen LogP contribution in [-0.4, -0.2) is 20.6 Å². The molecule has 0 aliphatic rings. The zero-order chi connectivity index (χ0) is 17.6. The van der Waals surface area contributed by atoms with Crippen LogP contribution in [0.3, 0.4) is 0 Å². The van der Waals surface area contributed by atoms with Gasteiger partial charge in [-0.3, -0.25) is 14.2 Å². The summed E-state index contributed by atoms with van der Waals surface area (Å²) in [5.41, 5.74) is 1.49. The molecule has 1 heterocycles. The highest BCUT2D eigenvalue weighted by atomic mass is 16.4. The Bertz CT molecular complexity index is 975. The Morgan fingerprint density at radius 2 is 1.76 bits per heavy atom. The molecule has 1 aromatic heterocycles.